The SMILES string of the molecule is CCC(C)NC(=O)CI. The van der Waals surface area contributed by atoms with Crippen molar-refractivity contribution in [2.75, 3.05) is 4.43 Å². The first-order chi connectivity index (χ1) is 4.20. The molecular weight excluding hydrogens is 229 g/mol. The highest BCUT2D eigenvalue weighted by atomic mass is 127. The van der Waals surface area contributed by atoms with E-state index in [0.29, 0.717) is 10.5 Å². The molecule has 1 N–H and O–H groups in total. The van der Waals surface area contributed by atoms with Gasteiger partial charge in [0.1, 0.15) is 0 Å². The predicted molar refractivity (Wildman–Crippen MR) is 46.8 cm³/mol. The third-order valence-electron chi connectivity index (χ3n) is 1.14. The van der Waals surface area contributed by atoms with Gasteiger partial charge in [-0.05, 0) is 13.3 Å². The van der Waals surface area contributed by atoms with Crippen LogP contribution in [0.2, 0.25) is 0 Å². The average molecular weight is 241 g/mol. The van der Waals surface area contributed by atoms with E-state index in [0.717, 1.165) is 6.42 Å². The number of carbonyl (C=O) groups excluding carboxylic acids is 1. The minimum absolute atomic E-state index is 0.130. The number of hydrogen-bond donors (Lipinski definition) is 1. The van der Waals surface area contributed by atoms with E-state index in [1.807, 2.05) is 6.92 Å². The Morgan fingerprint density at radius 2 is 2.33 bits per heavy atom. The maximum Gasteiger partial charge on any atom is 0.230 e. The Kier molecular flexibility index (Phi) is 5.13. The molecule has 9 heavy (non-hydrogen) atoms. The molecule has 0 spiro atoms. The largest absolute Gasteiger partial charge is 0.353 e. The fourth-order valence-corrected chi connectivity index (χ4v) is 0.636. The van der Waals surface area contributed by atoms with Crippen LogP contribution >= 0.6 is 22.6 Å². The quantitative estimate of drug-likeness (QED) is 0.586. The molecule has 0 aliphatic rings. The zero-order valence-corrected chi connectivity index (χ0v) is 7.94. The zero-order valence-electron chi connectivity index (χ0n) is 5.78. The number of alkyl halides is 1. The van der Waals surface area contributed by atoms with Crippen molar-refractivity contribution in [1.82, 2.24) is 5.32 Å². The highest BCUT2D eigenvalue weighted by molar-refractivity contribution is 14.1. The summed E-state index contributed by atoms with van der Waals surface area (Å²) < 4.78 is 0.558. The fourth-order valence-electron chi connectivity index (χ4n) is 0.415. The van der Waals surface area contributed by atoms with Crippen molar-refractivity contribution in [1.29, 1.82) is 0 Å². The van der Waals surface area contributed by atoms with Crippen LogP contribution in [0.3, 0.4) is 0 Å². The van der Waals surface area contributed by atoms with Gasteiger partial charge < -0.3 is 5.32 Å². The molecule has 0 aromatic rings. The van der Waals surface area contributed by atoms with Crippen molar-refractivity contribution in [3.8, 4) is 0 Å². The molecule has 0 radical (unpaired) electrons. The van der Waals surface area contributed by atoms with Gasteiger partial charge in [0.05, 0.1) is 4.43 Å². The van der Waals surface area contributed by atoms with Crippen LogP contribution in [-0.4, -0.2) is 16.4 Å². The van der Waals surface area contributed by atoms with E-state index in [1.54, 1.807) is 0 Å². The van der Waals surface area contributed by atoms with Crippen molar-refractivity contribution in [2.45, 2.75) is 26.3 Å². The highest BCUT2D eigenvalue weighted by Gasteiger charge is 2.01. The van der Waals surface area contributed by atoms with Gasteiger partial charge in [0.2, 0.25) is 5.91 Å². The number of rotatable bonds is 3. The molecule has 2 nitrogen and oxygen atoms in total. The predicted octanol–water partition coefficient (Wildman–Crippen LogP) is 1.34. The zero-order chi connectivity index (χ0) is 7.28. The first-order valence-corrected chi connectivity index (χ1v) is 4.58. The van der Waals surface area contributed by atoms with Gasteiger partial charge in [-0.25, -0.2) is 0 Å². The van der Waals surface area contributed by atoms with E-state index in [4.69, 9.17) is 0 Å². The van der Waals surface area contributed by atoms with Crippen molar-refractivity contribution in [2.24, 2.45) is 0 Å². The Bertz CT molecular complexity index is 95.1. The summed E-state index contributed by atoms with van der Waals surface area (Å²) in [5.41, 5.74) is 0. The van der Waals surface area contributed by atoms with Gasteiger partial charge in [-0.15, -0.1) is 0 Å². The second kappa shape index (κ2) is 5.02. The molecule has 1 amide bonds. The number of carbonyl (C=O) groups is 1. The lowest BCUT2D eigenvalue weighted by atomic mass is 10.3. The van der Waals surface area contributed by atoms with Crippen LogP contribution in [0.5, 0.6) is 0 Å². The summed E-state index contributed by atoms with van der Waals surface area (Å²) in [6.07, 6.45) is 1.00. The van der Waals surface area contributed by atoms with Gasteiger partial charge in [-0.2, -0.15) is 0 Å². The van der Waals surface area contributed by atoms with Crippen LogP contribution in [0.4, 0.5) is 0 Å². The van der Waals surface area contributed by atoms with Gasteiger partial charge in [0.15, 0.2) is 0 Å². The van der Waals surface area contributed by atoms with E-state index >= 15 is 0 Å². The maximum absolute atomic E-state index is 10.7. The molecule has 0 aromatic carbocycles. The van der Waals surface area contributed by atoms with Crippen LogP contribution < -0.4 is 5.32 Å². The molecule has 0 aliphatic carbocycles. The van der Waals surface area contributed by atoms with Crippen LogP contribution in [0, 0.1) is 0 Å². The first kappa shape index (κ1) is 9.20. The minimum Gasteiger partial charge on any atom is -0.353 e. The molecule has 0 saturated heterocycles. The van der Waals surface area contributed by atoms with Crippen LogP contribution in [-0.2, 0) is 4.79 Å². The molecule has 1 atom stereocenters. The van der Waals surface area contributed by atoms with Gasteiger partial charge in [-0.3, -0.25) is 4.79 Å². The lowest BCUT2D eigenvalue weighted by molar-refractivity contribution is -0.118. The van der Waals surface area contributed by atoms with Crippen LogP contribution in [0.15, 0.2) is 0 Å². The smallest absolute Gasteiger partial charge is 0.230 e. The molecule has 0 heterocycles. The maximum atomic E-state index is 10.7. The van der Waals surface area contributed by atoms with Gasteiger partial charge >= 0.3 is 0 Å². The third kappa shape index (κ3) is 4.69. The molecule has 0 aromatic heterocycles. The lowest BCUT2D eigenvalue weighted by Gasteiger charge is -2.08. The average Bonchev–Trinajstić information content (AvgIpc) is 1.87. The molecule has 0 fully saturated rings. The Morgan fingerprint density at radius 3 is 2.67 bits per heavy atom. The van der Waals surface area contributed by atoms with E-state index in [2.05, 4.69) is 34.8 Å². The molecule has 54 valence electrons. The minimum atomic E-state index is 0.130. The van der Waals surface area contributed by atoms with E-state index in [-0.39, 0.29) is 5.91 Å². The summed E-state index contributed by atoms with van der Waals surface area (Å²) >= 11 is 2.05. The molecular formula is C6H12INO. The van der Waals surface area contributed by atoms with Gasteiger partial charge in [0.25, 0.3) is 0 Å². The standard InChI is InChI=1S/C6H12INO/c1-3-5(2)8-6(9)4-7/h5H,3-4H2,1-2H3,(H,8,9). The Hall–Kier alpha value is 0.200. The summed E-state index contributed by atoms with van der Waals surface area (Å²) in [4.78, 5) is 10.7. The van der Waals surface area contributed by atoms with E-state index in [9.17, 15) is 4.79 Å². The van der Waals surface area contributed by atoms with Gasteiger partial charge in [-0.1, -0.05) is 29.5 Å². The normalized spacial score (nSPS) is 12.8. The van der Waals surface area contributed by atoms with E-state index < -0.39 is 0 Å². The van der Waals surface area contributed by atoms with Crippen LogP contribution in [0.1, 0.15) is 20.3 Å². The molecule has 0 bridgehead atoms. The molecule has 0 rings (SSSR count). The van der Waals surface area contributed by atoms with Gasteiger partial charge in [0, 0.05) is 6.04 Å². The third-order valence-corrected chi connectivity index (χ3v) is 1.83. The molecule has 0 saturated carbocycles. The molecule has 0 aliphatic heterocycles. The topological polar surface area (TPSA) is 29.1 Å². The van der Waals surface area contributed by atoms with E-state index in [1.165, 1.54) is 0 Å². The van der Waals surface area contributed by atoms with Crippen LogP contribution in [0.25, 0.3) is 0 Å². The van der Waals surface area contributed by atoms with Crippen molar-refractivity contribution in [3.05, 3.63) is 0 Å². The summed E-state index contributed by atoms with van der Waals surface area (Å²) in [5.74, 6) is 0.130. The van der Waals surface area contributed by atoms with Crippen molar-refractivity contribution >= 4 is 28.5 Å². The number of hydrogen-bond acceptors (Lipinski definition) is 1. The summed E-state index contributed by atoms with van der Waals surface area (Å²) in [5, 5.41) is 2.83. The first-order valence-electron chi connectivity index (χ1n) is 3.06. The second-order valence-corrected chi connectivity index (χ2v) is 2.77. The fraction of sp³-hybridized carbons (Fsp3) is 0.833. The summed E-state index contributed by atoms with van der Waals surface area (Å²) in [6, 6.07) is 0.326. The highest BCUT2D eigenvalue weighted by Crippen LogP contribution is 1.88. The second-order valence-electron chi connectivity index (χ2n) is 2.01. The monoisotopic (exact) mass is 241 g/mol. The number of halogens is 1. The Balaban J connectivity index is 3.34. The van der Waals surface area contributed by atoms with Crippen molar-refractivity contribution in [3.63, 3.8) is 0 Å². The van der Waals surface area contributed by atoms with Crippen molar-refractivity contribution < 1.29 is 4.79 Å². The summed E-state index contributed by atoms with van der Waals surface area (Å²) in [6.45, 7) is 4.06. The number of amides is 1. The Morgan fingerprint density at radius 1 is 1.78 bits per heavy atom. The lowest BCUT2D eigenvalue weighted by Crippen LogP contribution is -2.32. The summed E-state index contributed by atoms with van der Waals surface area (Å²) in [7, 11) is 0. The molecule has 3 heteroatoms. The number of nitrogens with one attached hydrogen (secondary N) is 1. The molecule has 1 unspecified atom stereocenters. The Labute approximate surface area is 69.5 Å².